The molecule has 1 N–H and O–H groups in total. The van der Waals surface area contributed by atoms with Gasteiger partial charge in [-0.3, -0.25) is 0 Å². The Morgan fingerprint density at radius 2 is 2.38 bits per heavy atom. The van der Waals surface area contributed by atoms with Gasteiger partial charge in [0.25, 0.3) is 0 Å². The molecule has 0 rings (SSSR count). The quantitative estimate of drug-likeness (QED) is 0.456. The summed E-state index contributed by atoms with van der Waals surface area (Å²) in [6, 6.07) is 0. The highest BCUT2D eigenvalue weighted by Gasteiger charge is 2.00. The zero-order valence-corrected chi connectivity index (χ0v) is 5.56. The van der Waals surface area contributed by atoms with Gasteiger partial charge in [-0.05, 0) is 12.3 Å². The number of halogens is 1. The second kappa shape index (κ2) is 5.13. The first-order valence-corrected chi connectivity index (χ1v) is 3.16. The third-order valence-corrected chi connectivity index (χ3v) is 1.41. The van der Waals surface area contributed by atoms with E-state index >= 15 is 0 Å². The van der Waals surface area contributed by atoms with Gasteiger partial charge in [0.1, 0.15) is 0 Å². The van der Waals surface area contributed by atoms with Crippen molar-refractivity contribution >= 4 is 11.6 Å². The lowest BCUT2D eigenvalue weighted by molar-refractivity contribution is 0.240. The summed E-state index contributed by atoms with van der Waals surface area (Å²) < 4.78 is 0. The molecule has 0 saturated heterocycles. The first-order chi connectivity index (χ1) is 3.85. The van der Waals surface area contributed by atoms with E-state index in [9.17, 15) is 0 Å². The van der Waals surface area contributed by atoms with Gasteiger partial charge in [0.2, 0.25) is 0 Å². The molecule has 1 nitrogen and oxygen atoms in total. The zero-order chi connectivity index (χ0) is 6.41. The first kappa shape index (κ1) is 7.99. The van der Waals surface area contributed by atoms with Crippen molar-refractivity contribution in [1.29, 1.82) is 0 Å². The van der Waals surface area contributed by atoms with Crippen LogP contribution >= 0.6 is 11.6 Å². The summed E-state index contributed by atoms with van der Waals surface area (Å²) in [5.74, 6) is 0.719. The molecule has 0 bridgehead atoms. The summed E-state index contributed by atoms with van der Waals surface area (Å²) in [7, 11) is 0. The van der Waals surface area contributed by atoms with Gasteiger partial charge in [-0.2, -0.15) is 0 Å². The number of allylic oxidation sites excluding steroid dienone is 1. The van der Waals surface area contributed by atoms with Gasteiger partial charge in [-0.1, -0.05) is 6.08 Å². The van der Waals surface area contributed by atoms with Gasteiger partial charge < -0.3 is 5.11 Å². The van der Waals surface area contributed by atoms with E-state index in [-0.39, 0.29) is 12.5 Å². The van der Waals surface area contributed by atoms with Crippen molar-refractivity contribution in [3.05, 3.63) is 12.7 Å². The molecule has 48 valence electrons. The van der Waals surface area contributed by atoms with Crippen molar-refractivity contribution in [3.8, 4) is 0 Å². The van der Waals surface area contributed by atoms with E-state index in [1.165, 1.54) is 0 Å². The molecule has 0 amide bonds. The van der Waals surface area contributed by atoms with E-state index in [0.717, 1.165) is 6.42 Å². The molecule has 1 unspecified atom stereocenters. The van der Waals surface area contributed by atoms with Crippen LogP contribution in [0, 0.1) is 5.92 Å². The highest BCUT2D eigenvalue weighted by Crippen LogP contribution is 2.03. The van der Waals surface area contributed by atoms with Crippen LogP contribution in [-0.4, -0.2) is 17.6 Å². The van der Waals surface area contributed by atoms with E-state index in [1.807, 2.05) is 0 Å². The molecular formula is C6H11ClO. The third-order valence-electron chi connectivity index (χ3n) is 0.976. The van der Waals surface area contributed by atoms with Crippen LogP contribution in [0.5, 0.6) is 0 Å². The molecule has 0 aromatic carbocycles. The maximum atomic E-state index is 8.52. The molecule has 2 heteroatoms. The topological polar surface area (TPSA) is 20.2 Å². The Labute approximate surface area is 55.0 Å². The molecule has 0 saturated carbocycles. The van der Waals surface area contributed by atoms with Crippen LogP contribution < -0.4 is 0 Å². The summed E-state index contributed by atoms with van der Waals surface area (Å²) in [6.07, 6.45) is 2.57. The fourth-order valence-electron chi connectivity index (χ4n) is 0.422. The second-order valence-electron chi connectivity index (χ2n) is 1.73. The number of alkyl halides is 1. The molecule has 0 aliphatic heterocycles. The lowest BCUT2D eigenvalue weighted by atomic mass is 10.1. The van der Waals surface area contributed by atoms with Crippen LogP contribution in [0.4, 0.5) is 0 Å². The van der Waals surface area contributed by atoms with E-state index in [0.29, 0.717) is 5.88 Å². The molecule has 0 spiro atoms. The Morgan fingerprint density at radius 1 is 1.75 bits per heavy atom. The normalized spacial score (nSPS) is 13.2. The van der Waals surface area contributed by atoms with Crippen LogP contribution in [0.2, 0.25) is 0 Å². The Morgan fingerprint density at radius 3 is 2.50 bits per heavy atom. The lowest BCUT2D eigenvalue weighted by Gasteiger charge is -2.04. The predicted octanol–water partition coefficient (Wildman–Crippen LogP) is 1.41. The van der Waals surface area contributed by atoms with Gasteiger partial charge in [0.15, 0.2) is 0 Å². The van der Waals surface area contributed by atoms with Gasteiger partial charge in [-0.25, -0.2) is 0 Å². The van der Waals surface area contributed by atoms with Crippen molar-refractivity contribution in [2.24, 2.45) is 5.92 Å². The molecule has 0 fully saturated rings. The predicted molar refractivity (Wildman–Crippen MR) is 36.1 cm³/mol. The standard InChI is InChI=1S/C6H11ClO/c1-2-3-6(4-7)5-8/h2,6,8H,1,3-5H2. The SMILES string of the molecule is C=CCC(CO)CCl. The number of hydrogen-bond donors (Lipinski definition) is 1. The fraction of sp³-hybridized carbons (Fsp3) is 0.667. The van der Waals surface area contributed by atoms with Gasteiger partial charge in [0, 0.05) is 12.5 Å². The van der Waals surface area contributed by atoms with Crippen LogP contribution in [0.1, 0.15) is 6.42 Å². The second-order valence-corrected chi connectivity index (χ2v) is 2.04. The Kier molecular flexibility index (Phi) is 5.13. The van der Waals surface area contributed by atoms with Crippen LogP contribution in [-0.2, 0) is 0 Å². The zero-order valence-electron chi connectivity index (χ0n) is 4.81. The van der Waals surface area contributed by atoms with E-state index in [1.54, 1.807) is 6.08 Å². The molecular weight excluding hydrogens is 124 g/mol. The lowest BCUT2D eigenvalue weighted by Crippen LogP contribution is -2.05. The van der Waals surface area contributed by atoms with Gasteiger partial charge in [0.05, 0.1) is 0 Å². The minimum atomic E-state index is 0.162. The Bertz CT molecular complexity index is 59.5. The number of hydrogen-bond acceptors (Lipinski definition) is 1. The van der Waals surface area contributed by atoms with Crippen molar-refractivity contribution in [2.45, 2.75) is 6.42 Å². The van der Waals surface area contributed by atoms with Crippen molar-refractivity contribution < 1.29 is 5.11 Å². The molecule has 0 radical (unpaired) electrons. The molecule has 1 atom stereocenters. The maximum absolute atomic E-state index is 8.52. The maximum Gasteiger partial charge on any atom is 0.0473 e. The molecule has 0 aliphatic rings. The smallest absolute Gasteiger partial charge is 0.0473 e. The summed E-state index contributed by atoms with van der Waals surface area (Å²) in [5, 5.41) is 8.52. The van der Waals surface area contributed by atoms with E-state index in [2.05, 4.69) is 6.58 Å². The first-order valence-electron chi connectivity index (χ1n) is 2.62. The van der Waals surface area contributed by atoms with Crippen molar-refractivity contribution in [1.82, 2.24) is 0 Å². The molecule has 0 aliphatic carbocycles. The minimum absolute atomic E-state index is 0.162. The molecule has 0 aromatic heterocycles. The molecule has 8 heavy (non-hydrogen) atoms. The van der Waals surface area contributed by atoms with Crippen LogP contribution in [0.15, 0.2) is 12.7 Å². The summed E-state index contributed by atoms with van der Waals surface area (Å²) in [5.41, 5.74) is 0. The molecule has 0 heterocycles. The average Bonchev–Trinajstić information content (AvgIpc) is 1.83. The number of aliphatic hydroxyl groups excluding tert-OH is 1. The fourth-order valence-corrected chi connectivity index (χ4v) is 0.646. The van der Waals surface area contributed by atoms with Crippen LogP contribution in [0.25, 0.3) is 0 Å². The highest BCUT2D eigenvalue weighted by atomic mass is 35.5. The number of aliphatic hydroxyl groups is 1. The Hall–Kier alpha value is -0.0100. The largest absolute Gasteiger partial charge is 0.396 e. The van der Waals surface area contributed by atoms with Crippen molar-refractivity contribution in [2.75, 3.05) is 12.5 Å². The minimum Gasteiger partial charge on any atom is -0.396 e. The summed E-state index contributed by atoms with van der Waals surface area (Å²) in [6.45, 7) is 3.69. The summed E-state index contributed by atoms with van der Waals surface area (Å²) >= 11 is 5.44. The number of rotatable bonds is 4. The Balaban J connectivity index is 3.20. The van der Waals surface area contributed by atoms with E-state index < -0.39 is 0 Å². The van der Waals surface area contributed by atoms with Gasteiger partial charge in [-0.15, -0.1) is 18.2 Å². The average molecular weight is 135 g/mol. The molecule has 0 aromatic rings. The van der Waals surface area contributed by atoms with E-state index in [4.69, 9.17) is 16.7 Å². The highest BCUT2D eigenvalue weighted by molar-refractivity contribution is 6.18. The van der Waals surface area contributed by atoms with Crippen molar-refractivity contribution in [3.63, 3.8) is 0 Å². The summed E-state index contributed by atoms with van der Waals surface area (Å²) in [4.78, 5) is 0. The third kappa shape index (κ3) is 3.05. The van der Waals surface area contributed by atoms with Gasteiger partial charge >= 0.3 is 0 Å². The monoisotopic (exact) mass is 134 g/mol. The van der Waals surface area contributed by atoms with Crippen LogP contribution in [0.3, 0.4) is 0 Å².